The molecule has 1 aromatic carbocycles. The molecule has 0 amide bonds. The highest BCUT2D eigenvalue weighted by atomic mass is 79.9. The van der Waals surface area contributed by atoms with Crippen LogP contribution in [0.2, 0.25) is 0 Å². The first-order valence-corrected chi connectivity index (χ1v) is 7.28. The lowest BCUT2D eigenvalue weighted by Gasteiger charge is -2.04. The van der Waals surface area contributed by atoms with Gasteiger partial charge in [-0.3, -0.25) is 0 Å². The van der Waals surface area contributed by atoms with Crippen LogP contribution in [-0.4, -0.2) is 21.2 Å². The molecule has 0 unspecified atom stereocenters. The number of benzene rings is 1. The maximum Gasteiger partial charge on any atom is 0.179 e. The van der Waals surface area contributed by atoms with Crippen molar-refractivity contribution in [2.24, 2.45) is 10.9 Å². The summed E-state index contributed by atoms with van der Waals surface area (Å²) < 4.78 is 1.65. The van der Waals surface area contributed by atoms with Crippen molar-refractivity contribution in [3.63, 3.8) is 0 Å². The molecule has 0 fully saturated rings. The highest BCUT2D eigenvalue weighted by Crippen LogP contribution is 2.32. The fourth-order valence-corrected chi connectivity index (χ4v) is 3.80. The van der Waals surface area contributed by atoms with E-state index >= 15 is 0 Å². The number of nitrogens with zero attached hydrogens (tertiary/aromatic N) is 3. The molecule has 0 aliphatic carbocycles. The van der Waals surface area contributed by atoms with Crippen LogP contribution in [0.15, 0.2) is 37.1 Å². The molecule has 0 aliphatic rings. The van der Waals surface area contributed by atoms with Crippen molar-refractivity contribution < 1.29 is 5.21 Å². The van der Waals surface area contributed by atoms with Gasteiger partial charge in [0.25, 0.3) is 0 Å². The molecule has 18 heavy (non-hydrogen) atoms. The molecule has 0 saturated heterocycles. The first-order valence-electron chi connectivity index (χ1n) is 4.85. The number of hydrogen-bond donors (Lipinski definition) is 2. The van der Waals surface area contributed by atoms with E-state index in [9.17, 15) is 0 Å². The van der Waals surface area contributed by atoms with Crippen LogP contribution in [0.4, 0.5) is 0 Å². The van der Waals surface area contributed by atoms with Crippen molar-refractivity contribution in [2.45, 2.75) is 16.2 Å². The van der Waals surface area contributed by atoms with E-state index in [4.69, 9.17) is 10.9 Å². The number of rotatable bonds is 3. The summed E-state index contributed by atoms with van der Waals surface area (Å²) in [6, 6.07) is 5.57. The lowest BCUT2D eigenvalue weighted by atomic mass is 10.2. The Morgan fingerprint density at radius 3 is 2.83 bits per heavy atom. The Kier molecular flexibility index (Phi) is 4.20. The summed E-state index contributed by atoms with van der Waals surface area (Å²) in [5.74, 6) is 0.0742. The van der Waals surface area contributed by atoms with Crippen LogP contribution in [0.1, 0.15) is 10.6 Å². The zero-order chi connectivity index (χ0) is 13.1. The van der Waals surface area contributed by atoms with E-state index in [1.165, 1.54) is 11.8 Å². The van der Waals surface area contributed by atoms with E-state index in [1.54, 1.807) is 17.4 Å². The van der Waals surface area contributed by atoms with Crippen LogP contribution >= 0.6 is 39.0 Å². The van der Waals surface area contributed by atoms with Crippen LogP contribution in [0.5, 0.6) is 0 Å². The normalized spacial score (nSPS) is 11.8. The summed E-state index contributed by atoms with van der Waals surface area (Å²) in [7, 11) is 0. The molecule has 1 aromatic heterocycles. The lowest BCUT2D eigenvalue weighted by Crippen LogP contribution is -2.13. The lowest BCUT2D eigenvalue weighted by molar-refractivity contribution is 0.318. The molecule has 5 nitrogen and oxygen atoms in total. The van der Waals surface area contributed by atoms with Gasteiger partial charge in [0.2, 0.25) is 0 Å². The molecular formula is C10H9BrN4OS2. The highest BCUT2D eigenvalue weighted by Gasteiger charge is 2.08. The predicted octanol–water partition coefficient (Wildman–Crippen LogP) is 2.85. The van der Waals surface area contributed by atoms with Gasteiger partial charge in [-0.25, -0.2) is 0 Å². The molecular weight excluding hydrogens is 336 g/mol. The molecule has 1 heterocycles. The minimum Gasteiger partial charge on any atom is -0.409 e. The van der Waals surface area contributed by atoms with Gasteiger partial charge in [-0.15, -0.1) is 10.2 Å². The summed E-state index contributed by atoms with van der Waals surface area (Å²) in [4.78, 5) is 1.01. The average Bonchev–Trinajstić information content (AvgIpc) is 2.74. The molecule has 0 radical (unpaired) electrons. The predicted molar refractivity (Wildman–Crippen MR) is 75.4 cm³/mol. The third-order valence-electron chi connectivity index (χ3n) is 2.04. The Hall–Kier alpha value is -1.12. The van der Waals surface area contributed by atoms with Gasteiger partial charge in [0.15, 0.2) is 10.2 Å². The van der Waals surface area contributed by atoms with Crippen molar-refractivity contribution in [2.75, 3.05) is 0 Å². The molecule has 0 spiro atoms. The second-order valence-electron chi connectivity index (χ2n) is 3.32. The largest absolute Gasteiger partial charge is 0.409 e. The summed E-state index contributed by atoms with van der Waals surface area (Å²) >= 11 is 6.45. The van der Waals surface area contributed by atoms with Crippen molar-refractivity contribution in [3.8, 4) is 0 Å². The second-order valence-corrected chi connectivity index (χ2v) is 6.67. The van der Waals surface area contributed by atoms with Crippen LogP contribution in [-0.2, 0) is 0 Å². The molecule has 0 saturated carbocycles. The van der Waals surface area contributed by atoms with E-state index in [-0.39, 0.29) is 5.84 Å². The van der Waals surface area contributed by atoms with Crippen LogP contribution in [0.25, 0.3) is 0 Å². The number of halogens is 1. The molecule has 2 rings (SSSR count). The van der Waals surface area contributed by atoms with Crippen molar-refractivity contribution >= 4 is 44.9 Å². The van der Waals surface area contributed by atoms with Gasteiger partial charge >= 0.3 is 0 Å². The fraction of sp³-hybridized carbons (Fsp3) is 0.100. The highest BCUT2D eigenvalue weighted by molar-refractivity contribution is 9.10. The summed E-state index contributed by atoms with van der Waals surface area (Å²) in [6.45, 7) is 1.92. The maximum absolute atomic E-state index is 8.64. The summed E-state index contributed by atoms with van der Waals surface area (Å²) in [5, 5.41) is 20.5. The molecule has 0 aliphatic heterocycles. The average molecular weight is 345 g/mol. The number of oxime groups is 1. The molecule has 3 N–H and O–H groups in total. The molecule has 2 aromatic rings. The van der Waals surface area contributed by atoms with Crippen molar-refractivity contribution in [3.05, 3.63) is 33.2 Å². The van der Waals surface area contributed by atoms with Gasteiger partial charge in [-0.1, -0.05) is 28.3 Å². The maximum atomic E-state index is 8.64. The SMILES string of the molecule is Cc1nnc(Sc2ccc(/C(N)=N/O)c(Br)c2)s1. The van der Waals surface area contributed by atoms with E-state index < -0.39 is 0 Å². The van der Waals surface area contributed by atoms with Crippen LogP contribution in [0, 0.1) is 6.92 Å². The van der Waals surface area contributed by atoms with Crippen molar-refractivity contribution in [1.82, 2.24) is 10.2 Å². The third kappa shape index (κ3) is 3.01. The topological polar surface area (TPSA) is 84.4 Å². The first kappa shape index (κ1) is 13.3. The van der Waals surface area contributed by atoms with Crippen LogP contribution in [0.3, 0.4) is 0 Å². The van der Waals surface area contributed by atoms with E-state index in [2.05, 4.69) is 31.3 Å². The monoisotopic (exact) mass is 344 g/mol. The third-order valence-corrected chi connectivity index (χ3v) is 4.57. The Morgan fingerprint density at radius 2 is 2.28 bits per heavy atom. The standard InChI is InChI=1S/C10H9BrN4OS2/c1-5-13-14-10(17-5)18-6-2-3-7(8(11)4-6)9(12)15-16/h2-4,16H,1H3,(H2,12,15). The Balaban J connectivity index is 2.24. The van der Waals surface area contributed by atoms with Gasteiger partial charge in [-0.2, -0.15) is 0 Å². The van der Waals surface area contributed by atoms with Crippen LogP contribution < -0.4 is 5.73 Å². The fourth-order valence-electron chi connectivity index (χ4n) is 1.24. The zero-order valence-corrected chi connectivity index (χ0v) is 12.5. The van der Waals surface area contributed by atoms with Crippen molar-refractivity contribution in [1.29, 1.82) is 0 Å². The van der Waals surface area contributed by atoms with Gasteiger partial charge in [0.1, 0.15) is 5.01 Å². The Labute approximate surface area is 120 Å². The minimum absolute atomic E-state index is 0.0742. The summed E-state index contributed by atoms with van der Waals surface area (Å²) in [5.41, 5.74) is 6.19. The van der Waals surface area contributed by atoms with E-state index in [1.807, 2.05) is 19.1 Å². The van der Waals surface area contributed by atoms with E-state index in [0.717, 1.165) is 18.7 Å². The second kappa shape index (κ2) is 5.68. The Morgan fingerprint density at radius 1 is 1.50 bits per heavy atom. The number of amidine groups is 1. The van der Waals surface area contributed by atoms with Gasteiger partial charge < -0.3 is 10.9 Å². The molecule has 0 bridgehead atoms. The Bertz CT molecular complexity index is 599. The smallest absolute Gasteiger partial charge is 0.179 e. The number of aryl methyl sites for hydroxylation is 1. The molecule has 94 valence electrons. The first-order chi connectivity index (χ1) is 8.60. The van der Waals surface area contributed by atoms with Gasteiger partial charge in [0.05, 0.1) is 0 Å². The van der Waals surface area contributed by atoms with Gasteiger partial charge in [0, 0.05) is 14.9 Å². The van der Waals surface area contributed by atoms with Gasteiger partial charge in [-0.05, 0) is 41.1 Å². The van der Waals surface area contributed by atoms with E-state index in [0.29, 0.717) is 5.56 Å². The number of hydrogen-bond acceptors (Lipinski definition) is 6. The minimum atomic E-state index is 0.0742. The number of aromatic nitrogens is 2. The zero-order valence-electron chi connectivity index (χ0n) is 9.29. The quantitative estimate of drug-likeness (QED) is 0.387. The molecule has 0 atom stereocenters. The summed E-state index contributed by atoms with van der Waals surface area (Å²) in [6.07, 6.45) is 0. The number of nitrogens with two attached hydrogens (primary N) is 1. The molecule has 8 heteroatoms.